The number of esters is 2. The van der Waals surface area contributed by atoms with Gasteiger partial charge in [0, 0.05) is 0 Å². The number of ether oxygens (including phenoxy) is 2. The zero-order valence-electron chi connectivity index (χ0n) is 9.60. The fraction of sp³-hybridized carbons (Fsp3) is 0.182. The topological polar surface area (TPSA) is 85.5 Å². The van der Waals surface area contributed by atoms with Crippen molar-refractivity contribution in [2.75, 3.05) is 14.2 Å². The molecule has 0 atom stereocenters. The molecule has 0 spiro atoms. The molecule has 0 aliphatic heterocycles. The summed E-state index contributed by atoms with van der Waals surface area (Å²) in [5.41, 5.74) is -0.580. The Kier molecular flexibility index (Phi) is 3.15. The van der Waals surface area contributed by atoms with Crippen LogP contribution in [0, 0.1) is 0 Å². The molecule has 0 radical (unpaired) electrons. The molecule has 0 amide bonds. The van der Waals surface area contributed by atoms with Crippen LogP contribution in [0.2, 0.25) is 0 Å². The van der Waals surface area contributed by atoms with Gasteiger partial charge in [-0.3, -0.25) is 4.79 Å². The number of thiophene rings is 1. The minimum absolute atomic E-state index is 0.194. The zero-order chi connectivity index (χ0) is 13.3. The molecule has 0 aliphatic carbocycles. The van der Waals surface area contributed by atoms with Crippen LogP contribution < -0.4 is 5.43 Å². The molecule has 6 nitrogen and oxygen atoms in total. The number of fused-ring (bicyclic) bond motifs is 1. The second-order valence-electron chi connectivity index (χ2n) is 3.35. The Morgan fingerprint density at radius 1 is 1.22 bits per heavy atom. The lowest BCUT2D eigenvalue weighted by Crippen LogP contribution is -2.23. The van der Waals surface area contributed by atoms with Gasteiger partial charge in [0.15, 0.2) is 0 Å². The van der Waals surface area contributed by atoms with Crippen molar-refractivity contribution < 1.29 is 19.1 Å². The van der Waals surface area contributed by atoms with Crippen LogP contribution in [0.3, 0.4) is 0 Å². The summed E-state index contributed by atoms with van der Waals surface area (Å²) in [7, 11) is 2.31. The summed E-state index contributed by atoms with van der Waals surface area (Å²) in [5, 5.41) is 1.69. The summed E-state index contributed by atoms with van der Waals surface area (Å²) in [4.78, 5) is 38.0. The number of carbonyl (C=O) groups is 2. The molecule has 1 N–H and O–H groups in total. The molecule has 0 unspecified atom stereocenters. The van der Waals surface area contributed by atoms with Crippen molar-refractivity contribution in [2.45, 2.75) is 0 Å². The highest BCUT2D eigenvalue weighted by Crippen LogP contribution is 2.18. The van der Waals surface area contributed by atoms with E-state index in [9.17, 15) is 14.4 Å². The zero-order valence-corrected chi connectivity index (χ0v) is 10.4. The first kappa shape index (κ1) is 12.3. The van der Waals surface area contributed by atoms with Crippen molar-refractivity contribution in [1.82, 2.24) is 4.98 Å². The maximum absolute atomic E-state index is 12.1. The predicted octanol–water partition coefficient (Wildman–Crippen LogP) is 1.16. The highest BCUT2D eigenvalue weighted by atomic mass is 32.1. The molecular weight excluding hydrogens is 258 g/mol. The van der Waals surface area contributed by atoms with Crippen LogP contribution in [0.5, 0.6) is 0 Å². The van der Waals surface area contributed by atoms with Crippen molar-refractivity contribution >= 4 is 33.5 Å². The highest BCUT2D eigenvalue weighted by Gasteiger charge is 2.25. The molecule has 0 saturated carbocycles. The SMILES string of the molecule is COC(=O)c1[nH]c2ccsc2c(=O)c1C(=O)OC. The van der Waals surface area contributed by atoms with Crippen LogP contribution in [0.25, 0.3) is 10.2 Å². The fourth-order valence-corrected chi connectivity index (χ4v) is 2.36. The Bertz CT molecular complexity index is 684. The molecule has 94 valence electrons. The smallest absolute Gasteiger partial charge is 0.355 e. The summed E-state index contributed by atoms with van der Waals surface area (Å²) >= 11 is 1.18. The van der Waals surface area contributed by atoms with E-state index in [2.05, 4.69) is 14.5 Å². The first-order chi connectivity index (χ1) is 8.60. The van der Waals surface area contributed by atoms with Crippen LogP contribution >= 0.6 is 11.3 Å². The molecular formula is C11H9NO5S. The van der Waals surface area contributed by atoms with E-state index in [0.717, 1.165) is 7.11 Å². The van der Waals surface area contributed by atoms with Crippen LogP contribution in [-0.4, -0.2) is 31.1 Å². The second-order valence-corrected chi connectivity index (χ2v) is 4.27. The van der Waals surface area contributed by atoms with Crippen molar-refractivity contribution in [3.63, 3.8) is 0 Å². The van der Waals surface area contributed by atoms with Gasteiger partial charge in [-0.05, 0) is 11.4 Å². The first-order valence-corrected chi connectivity index (χ1v) is 5.78. The third-order valence-corrected chi connectivity index (χ3v) is 3.30. The molecule has 2 aromatic rings. The third kappa shape index (κ3) is 1.78. The molecule has 0 bridgehead atoms. The van der Waals surface area contributed by atoms with Crippen LogP contribution in [-0.2, 0) is 9.47 Å². The second kappa shape index (κ2) is 4.61. The summed E-state index contributed by atoms with van der Waals surface area (Å²) in [5.74, 6) is -1.66. The van der Waals surface area contributed by atoms with Gasteiger partial charge in [0.2, 0.25) is 5.43 Å². The first-order valence-electron chi connectivity index (χ1n) is 4.90. The van der Waals surface area contributed by atoms with E-state index in [4.69, 9.17) is 0 Å². The van der Waals surface area contributed by atoms with Crippen molar-refractivity contribution in [1.29, 1.82) is 0 Å². The maximum atomic E-state index is 12.1. The van der Waals surface area contributed by atoms with E-state index in [1.54, 1.807) is 11.4 Å². The lowest BCUT2D eigenvalue weighted by molar-refractivity contribution is 0.0549. The van der Waals surface area contributed by atoms with E-state index in [1.807, 2.05) is 0 Å². The third-order valence-electron chi connectivity index (χ3n) is 2.39. The largest absolute Gasteiger partial charge is 0.465 e. The molecule has 0 saturated heterocycles. The van der Waals surface area contributed by atoms with Gasteiger partial charge in [-0.15, -0.1) is 11.3 Å². The lowest BCUT2D eigenvalue weighted by atomic mass is 10.1. The minimum atomic E-state index is -0.869. The van der Waals surface area contributed by atoms with E-state index in [0.29, 0.717) is 10.2 Å². The highest BCUT2D eigenvalue weighted by molar-refractivity contribution is 7.17. The van der Waals surface area contributed by atoms with E-state index < -0.39 is 17.4 Å². The van der Waals surface area contributed by atoms with Gasteiger partial charge in [0.05, 0.1) is 24.4 Å². The predicted molar refractivity (Wildman–Crippen MR) is 65.1 cm³/mol. The number of nitrogens with one attached hydrogen (secondary N) is 1. The quantitative estimate of drug-likeness (QED) is 0.825. The van der Waals surface area contributed by atoms with Gasteiger partial charge in [0.25, 0.3) is 0 Å². The standard InChI is InChI=1S/C11H9NO5S/c1-16-10(14)6-7(11(15)17-2)12-5-3-4-18-9(5)8(6)13/h3-4H,1-2H3,(H,12,13). The van der Waals surface area contributed by atoms with E-state index in [-0.39, 0.29) is 11.3 Å². The molecule has 2 heterocycles. The number of H-pyrrole nitrogens is 1. The van der Waals surface area contributed by atoms with E-state index in [1.165, 1.54) is 18.4 Å². The number of aromatic amines is 1. The number of rotatable bonds is 2. The van der Waals surface area contributed by atoms with Crippen molar-refractivity contribution in [3.05, 3.63) is 32.9 Å². The molecule has 7 heteroatoms. The van der Waals surface area contributed by atoms with Crippen LogP contribution in [0.1, 0.15) is 20.8 Å². The minimum Gasteiger partial charge on any atom is -0.465 e. The lowest BCUT2D eigenvalue weighted by Gasteiger charge is -2.06. The summed E-state index contributed by atoms with van der Waals surface area (Å²) < 4.78 is 9.42. The number of methoxy groups -OCH3 is 2. The monoisotopic (exact) mass is 267 g/mol. The van der Waals surface area contributed by atoms with Crippen LogP contribution in [0.4, 0.5) is 0 Å². The van der Waals surface area contributed by atoms with Gasteiger partial charge < -0.3 is 14.5 Å². The van der Waals surface area contributed by atoms with E-state index >= 15 is 0 Å². The summed E-state index contributed by atoms with van der Waals surface area (Å²) in [6.45, 7) is 0. The Labute approximate surface area is 105 Å². The van der Waals surface area contributed by atoms with Gasteiger partial charge in [-0.25, -0.2) is 9.59 Å². The average Bonchev–Trinajstić information content (AvgIpc) is 2.85. The molecule has 2 aromatic heterocycles. The van der Waals surface area contributed by atoms with Gasteiger partial charge in [-0.1, -0.05) is 0 Å². The molecule has 0 aliphatic rings. The van der Waals surface area contributed by atoms with Crippen molar-refractivity contribution in [2.24, 2.45) is 0 Å². The number of carbonyl (C=O) groups excluding carboxylic acids is 2. The maximum Gasteiger partial charge on any atom is 0.355 e. The van der Waals surface area contributed by atoms with Crippen molar-refractivity contribution in [3.8, 4) is 0 Å². The summed E-state index contributed by atoms with van der Waals surface area (Å²) in [6, 6.07) is 1.65. The Balaban J connectivity index is 2.85. The Morgan fingerprint density at radius 3 is 2.50 bits per heavy atom. The molecule has 0 aromatic carbocycles. The van der Waals surface area contributed by atoms with Gasteiger partial charge >= 0.3 is 11.9 Å². The Morgan fingerprint density at radius 2 is 1.89 bits per heavy atom. The van der Waals surface area contributed by atoms with Crippen LogP contribution in [0.15, 0.2) is 16.2 Å². The molecule has 2 rings (SSSR count). The normalized spacial score (nSPS) is 10.3. The average molecular weight is 267 g/mol. The number of hydrogen-bond acceptors (Lipinski definition) is 6. The summed E-state index contributed by atoms with van der Waals surface area (Å²) in [6.07, 6.45) is 0. The fourth-order valence-electron chi connectivity index (χ4n) is 1.56. The number of hydrogen-bond donors (Lipinski definition) is 1. The van der Waals surface area contributed by atoms with Gasteiger partial charge in [-0.2, -0.15) is 0 Å². The molecule has 18 heavy (non-hydrogen) atoms. The number of aromatic nitrogens is 1. The molecule has 0 fully saturated rings. The number of pyridine rings is 1. The Hall–Kier alpha value is -2.15. The van der Waals surface area contributed by atoms with Gasteiger partial charge in [0.1, 0.15) is 11.3 Å².